The van der Waals surface area contributed by atoms with E-state index in [9.17, 15) is 4.79 Å². The van der Waals surface area contributed by atoms with Crippen molar-refractivity contribution in [1.82, 2.24) is 5.32 Å². The molecule has 0 aliphatic carbocycles. The maximum atomic E-state index is 11.1. The number of carbonyl (C=O) groups is 1. The number of benzene rings is 1. The summed E-state index contributed by atoms with van der Waals surface area (Å²) in [5.41, 5.74) is 2.32. The van der Waals surface area contributed by atoms with Gasteiger partial charge in [0.05, 0.1) is 0 Å². The van der Waals surface area contributed by atoms with Gasteiger partial charge in [-0.2, -0.15) is 0 Å². The van der Waals surface area contributed by atoms with E-state index in [4.69, 9.17) is 5.11 Å². The van der Waals surface area contributed by atoms with Gasteiger partial charge in [-0.3, -0.25) is 4.79 Å². The minimum atomic E-state index is -0.771. The van der Waals surface area contributed by atoms with E-state index in [0.717, 1.165) is 12.0 Å². The summed E-state index contributed by atoms with van der Waals surface area (Å²) in [5.74, 6) is -0.635. The van der Waals surface area contributed by atoms with Crippen LogP contribution in [-0.2, 0) is 11.3 Å². The molecule has 3 nitrogen and oxygen atoms in total. The summed E-state index contributed by atoms with van der Waals surface area (Å²) in [6.07, 6.45) is 0.859. The normalized spacial score (nSPS) is 14.3. The second-order valence-electron chi connectivity index (χ2n) is 4.57. The minimum absolute atomic E-state index is 0.136. The number of nitrogens with one attached hydrogen (secondary N) is 1. The van der Waals surface area contributed by atoms with Crippen LogP contribution in [0.25, 0.3) is 0 Å². The van der Waals surface area contributed by atoms with Crippen molar-refractivity contribution in [3.63, 3.8) is 0 Å². The molecule has 0 amide bonds. The van der Waals surface area contributed by atoms with Crippen LogP contribution < -0.4 is 5.32 Å². The SMILES string of the molecule is CC[C@@H](C)[C@H](NCc1cccc(C)c1)C(=O)O. The molecule has 17 heavy (non-hydrogen) atoms. The van der Waals surface area contributed by atoms with Gasteiger partial charge in [-0.1, -0.05) is 50.1 Å². The van der Waals surface area contributed by atoms with Crippen LogP contribution in [0.5, 0.6) is 0 Å². The zero-order valence-electron chi connectivity index (χ0n) is 10.7. The van der Waals surface area contributed by atoms with E-state index in [2.05, 4.69) is 11.4 Å². The molecule has 0 aromatic heterocycles. The van der Waals surface area contributed by atoms with Crippen molar-refractivity contribution in [3.05, 3.63) is 35.4 Å². The van der Waals surface area contributed by atoms with Crippen molar-refractivity contribution < 1.29 is 9.90 Å². The largest absolute Gasteiger partial charge is 0.480 e. The fourth-order valence-corrected chi connectivity index (χ4v) is 1.82. The first-order valence-electron chi connectivity index (χ1n) is 6.06. The molecule has 0 saturated carbocycles. The molecule has 0 aliphatic rings. The van der Waals surface area contributed by atoms with Gasteiger partial charge in [-0.15, -0.1) is 0 Å². The monoisotopic (exact) mass is 235 g/mol. The van der Waals surface area contributed by atoms with Gasteiger partial charge < -0.3 is 10.4 Å². The molecule has 0 radical (unpaired) electrons. The molecule has 0 saturated heterocycles. The van der Waals surface area contributed by atoms with E-state index in [0.29, 0.717) is 6.54 Å². The van der Waals surface area contributed by atoms with Gasteiger partial charge in [0, 0.05) is 6.54 Å². The van der Waals surface area contributed by atoms with Gasteiger partial charge in [-0.25, -0.2) is 0 Å². The second-order valence-corrected chi connectivity index (χ2v) is 4.57. The van der Waals surface area contributed by atoms with E-state index < -0.39 is 12.0 Å². The molecule has 0 unspecified atom stereocenters. The quantitative estimate of drug-likeness (QED) is 0.796. The minimum Gasteiger partial charge on any atom is -0.480 e. The topological polar surface area (TPSA) is 49.3 Å². The fourth-order valence-electron chi connectivity index (χ4n) is 1.82. The van der Waals surface area contributed by atoms with Crippen LogP contribution >= 0.6 is 0 Å². The van der Waals surface area contributed by atoms with E-state index >= 15 is 0 Å². The first-order valence-corrected chi connectivity index (χ1v) is 6.06. The Hall–Kier alpha value is -1.35. The standard InChI is InChI=1S/C14H21NO2/c1-4-11(3)13(14(16)17)15-9-12-7-5-6-10(2)8-12/h5-8,11,13,15H,4,9H2,1-3H3,(H,16,17)/t11-,13+/m1/s1. The van der Waals surface area contributed by atoms with E-state index in [-0.39, 0.29) is 5.92 Å². The number of rotatable bonds is 6. The summed E-state index contributed by atoms with van der Waals surface area (Å²) in [4.78, 5) is 11.1. The van der Waals surface area contributed by atoms with Crippen molar-refractivity contribution in [2.24, 2.45) is 5.92 Å². The van der Waals surface area contributed by atoms with Crippen molar-refractivity contribution in [1.29, 1.82) is 0 Å². The van der Waals surface area contributed by atoms with Crippen molar-refractivity contribution in [2.75, 3.05) is 0 Å². The van der Waals surface area contributed by atoms with E-state index in [1.807, 2.05) is 39.0 Å². The van der Waals surface area contributed by atoms with Crippen molar-refractivity contribution in [2.45, 2.75) is 39.8 Å². The molecule has 1 rings (SSSR count). The Labute approximate surface area is 103 Å². The van der Waals surface area contributed by atoms with Crippen LogP contribution in [0.1, 0.15) is 31.4 Å². The highest BCUT2D eigenvalue weighted by molar-refractivity contribution is 5.73. The number of aliphatic carboxylic acids is 1. The Bertz CT molecular complexity index is 376. The third-order valence-electron chi connectivity index (χ3n) is 3.09. The molecule has 2 atom stereocenters. The Balaban J connectivity index is 2.61. The predicted octanol–water partition coefficient (Wildman–Crippen LogP) is 2.58. The molecular weight excluding hydrogens is 214 g/mol. The molecule has 0 fully saturated rings. The van der Waals surface area contributed by atoms with E-state index in [1.54, 1.807) is 0 Å². The van der Waals surface area contributed by atoms with Gasteiger partial charge in [0.2, 0.25) is 0 Å². The second kappa shape index (κ2) is 6.40. The van der Waals surface area contributed by atoms with Crippen LogP contribution in [0.4, 0.5) is 0 Å². The Morgan fingerprint density at radius 3 is 2.71 bits per heavy atom. The molecule has 0 aliphatic heterocycles. The number of aryl methyl sites for hydroxylation is 1. The van der Waals surface area contributed by atoms with Crippen molar-refractivity contribution >= 4 is 5.97 Å². The van der Waals surface area contributed by atoms with Crippen molar-refractivity contribution in [3.8, 4) is 0 Å². The zero-order valence-corrected chi connectivity index (χ0v) is 10.7. The molecule has 0 bridgehead atoms. The predicted molar refractivity (Wildman–Crippen MR) is 68.9 cm³/mol. The highest BCUT2D eigenvalue weighted by atomic mass is 16.4. The lowest BCUT2D eigenvalue weighted by Crippen LogP contribution is -2.41. The molecule has 0 heterocycles. The average Bonchev–Trinajstić information content (AvgIpc) is 2.28. The van der Waals surface area contributed by atoms with Gasteiger partial charge in [0.15, 0.2) is 0 Å². The van der Waals surface area contributed by atoms with Crippen LogP contribution in [0.2, 0.25) is 0 Å². The van der Waals surface area contributed by atoms with Crippen LogP contribution in [-0.4, -0.2) is 17.1 Å². The maximum absolute atomic E-state index is 11.1. The first kappa shape index (κ1) is 13.7. The average molecular weight is 235 g/mol. The highest BCUT2D eigenvalue weighted by Gasteiger charge is 2.22. The molecule has 1 aromatic rings. The van der Waals surface area contributed by atoms with Crippen LogP contribution in [0, 0.1) is 12.8 Å². The summed E-state index contributed by atoms with van der Waals surface area (Å²) < 4.78 is 0. The Morgan fingerprint density at radius 2 is 2.18 bits per heavy atom. The van der Waals surface area contributed by atoms with Gasteiger partial charge >= 0.3 is 5.97 Å². The maximum Gasteiger partial charge on any atom is 0.320 e. The Kier molecular flexibility index (Phi) is 5.16. The number of carboxylic acid groups (broad SMARTS) is 1. The molecular formula is C14H21NO2. The summed E-state index contributed by atoms with van der Waals surface area (Å²) in [6.45, 7) is 6.60. The fraction of sp³-hybridized carbons (Fsp3) is 0.500. The van der Waals surface area contributed by atoms with E-state index in [1.165, 1.54) is 5.56 Å². The Morgan fingerprint density at radius 1 is 1.47 bits per heavy atom. The lowest BCUT2D eigenvalue weighted by Gasteiger charge is -2.20. The molecule has 0 spiro atoms. The number of carboxylic acids is 1. The molecule has 1 aromatic carbocycles. The lowest BCUT2D eigenvalue weighted by atomic mass is 9.99. The summed E-state index contributed by atoms with van der Waals surface area (Å²) in [6, 6.07) is 7.64. The summed E-state index contributed by atoms with van der Waals surface area (Å²) in [5, 5.41) is 12.3. The molecule has 94 valence electrons. The third kappa shape index (κ3) is 4.19. The van der Waals surface area contributed by atoms with Crippen LogP contribution in [0.15, 0.2) is 24.3 Å². The molecule has 3 heteroatoms. The first-order chi connectivity index (χ1) is 8.04. The van der Waals surface area contributed by atoms with Gasteiger partial charge in [-0.05, 0) is 18.4 Å². The van der Waals surface area contributed by atoms with Crippen LogP contribution in [0.3, 0.4) is 0 Å². The highest BCUT2D eigenvalue weighted by Crippen LogP contribution is 2.10. The number of hydrogen-bond acceptors (Lipinski definition) is 2. The zero-order chi connectivity index (χ0) is 12.8. The lowest BCUT2D eigenvalue weighted by molar-refractivity contribution is -0.140. The third-order valence-corrected chi connectivity index (χ3v) is 3.09. The summed E-state index contributed by atoms with van der Waals surface area (Å²) in [7, 11) is 0. The number of hydrogen-bond donors (Lipinski definition) is 2. The van der Waals surface area contributed by atoms with Gasteiger partial charge in [0.1, 0.15) is 6.04 Å². The molecule has 2 N–H and O–H groups in total. The smallest absolute Gasteiger partial charge is 0.320 e. The van der Waals surface area contributed by atoms with Gasteiger partial charge in [0.25, 0.3) is 0 Å². The summed E-state index contributed by atoms with van der Waals surface area (Å²) >= 11 is 0.